The Hall–Kier alpha value is -3.07. The number of nitrogens with one attached hydrogen (secondary N) is 3. The highest BCUT2D eigenvalue weighted by atomic mass is 16.3. The molecule has 1 aliphatic carbocycles. The molecule has 4 rings (SSSR count). The van der Waals surface area contributed by atoms with E-state index in [-0.39, 0.29) is 30.4 Å². The first-order valence-electron chi connectivity index (χ1n) is 10.6. The molecule has 160 valence electrons. The van der Waals surface area contributed by atoms with E-state index in [1.165, 1.54) is 0 Å². The third kappa shape index (κ3) is 4.99. The molecule has 0 saturated heterocycles. The van der Waals surface area contributed by atoms with Gasteiger partial charge in [0.25, 0.3) is 0 Å². The van der Waals surface area contributed by atoms with E-state index < -0.39 is 0 Å². The van der Waals surface area contributed by atoms with Crippen molar-refractivity contribution in [3.8, 4) is 0 Å². The normalized spacial score (nSPS) is 14.6. The van der Waals surface area contributed by atoms with E-state index in [1.54, 1.807) is 10.7 Å². The predicted octanol–water partition coefficient (Wildman–Crippen LogP) is 1.91. The molecule has 2 heterocycles. The third-order valence-corrected chi connectivity index (χ3v) is 5.48. The molecule has 4 N–H and O–H groups in total. The number of carbonyl (C=O) groups is 1. The molecule has 0 aliphatic heterocycles. The van der Waals surface area contributed by atoms with E-state index in [2.05, 4.69) is 26.0 Å². The first-order valence-corrected chi connectivity index (χ1v) is 10.6. The van der Waals surface area contributed by atoms with Gasteiger partial charge >= 0.3 is 0 Å². The zero-order valence-electron chi connectivity index (χ0n) is 17.8. The summed E-state index contributed by atoms with van der Waals surface area (Å²) in [6, 6.07) is 9.51. The van der Waals surface area contributed by atoms with Gasteiger partial charge in [-0.3, -0.25) is 4.79 Å². The second kappa shape index (κ2) is 8.97. The number of rotatable bonds is 9. The molecule has 3 aromatic rings. The fraction of sp³-hybridized carbons (Fsp3) is 0.409. The Bertz CT molecular complexity index is 1060. The maximum atomic E-state index is 11.9. The first-order chi connectivity index (χ1) is 14.9. The molecule has 0 bridgehead atoms. The van der Waals surface area contributed by atoms with Gasteiger partial charge in [-0.2, -0.15) is 9.61 Å². The molecule has 1 fully saturated rings. The van der Waals surface area contributed by atoms with Crippen molar-refractivity contribution in [2.75, 3.05) is 22.6 Å². The van der Waals surface area contributed by atoms with Crippen LogP contribution in [-0.2, 0) is 11.3 Å². The van der Waals surface area contributed by atoms with Gasteiger partial charge in [-0.05, 0) is 41.9 Å². The minimum Gasteiger partial charge on any atom is -0.394 e. The number of aliphatic hydroxyl groups is 1. The van der Waals surface area contributed by atoms with Crippen molar-refractivity contribution in [1.29, 1.82) is 0 Å². The Kier molecular flexibility index (Phi) is 6.13. The zero-order valence-corrected chi connectivity index (χ0v) is 17.8. The van der Waals surface area contributed by atoms with Crippen molar-refractivity contribution in [2.24, 2.45) is 11.8 Å². The molecule has 31 heavy (non-hydrogen) atoms. The summed E-state index contributed by atoms with van der Waals surface area (Å²) in [4.78, 5) is 16.5. The van der Waals surface area contributed by atoms with Crippen LogP contribution in [0.5, 0.6) is 0 Å². The van der Waals surface area contributed by atoms with Crippen LogP contribution in [0.2, 0.25) is 0 Å². The maximum Gasteiger partial charge on any atom is 0.227 e. The fourth-order valence-corrected chi connectivity index (χ4v) is 3.28. The van der Waals surface area contributed by atoms with Crippen LogP contribution in [0.15, 0.2) is 36.5 Å². The van der Waals surface area contributed by atoms with Crippen LogP contribution in [-0.4, -0.2) is 46.1 Å². The van der Waals surface area contributed by atoms with Crippen molar-refractivity contribution in [2.45, 2.75) is 39.3 Å². The molecule has 0 unspecified atom stereocenters. The molecule has 9 heteroatoms. The van der Waals surface area contributed by atoms with Gasteiger partial charge in [-0.1, -0.05) is 26.0 Å². The quantitative estimate of drug-likeness (QED) is 0.396. The van der Waals surface area contributed by atoms with Crippen LogP contribution in [0, 0.1) is 11.8 Å². The summed E-state index contributed by atoms with van der Waals surface area (Å²) in [5.41, 5.74) is 2.89. The average Bonchev–Trinajstić information content (AvgIpc) is 3.55. The Labute approximate surface area is 182 Å². The molecule has 0 spiro atoms. The van der Waals surface area contributed by atoms with Gasteiger partial charge in [0, 0.05) is 30.4 Å². The largest absolute Gasteiger partial charge is 0.394 e. The molecule has 8 nitrogen and oxygen atoms in total. The monoisotopic (exact) mass is 418 g/mol. The molecule has 1 aliphatic rings. The van der Waals surface area contributed by atoms with Gasteiger partial charge in [0.05, 0.1) is 12.6 Å². The zero-order chi connectivity index (χ0) is 22.0. The van der Waals surface area contributed by atoms with Crippen molar-refractivity contribution < 1.29 is 9.90 Å². The van der Waals surface area contributed by atoms with E-state index in [4.69, 9.17) is 7.85 Å². The van der Waals surface area contributed by atoms with Crippen LogP contribution in [0.25, 0.3) is 5.65 Å². The summed E-state index contributed by atoms with van der Waals surface area (Å²) in [6.45, 7) is 4.64. The number of hydrogen-bond donors (Lipinski definition) is 4. The predicted molar refractivity (Wildman–Crippen MR) is 123 cm³/mol. The Balaban J connectivity index is 1.48. The van der Waals surface area contributed by atoms with Gasteiger partial charge in [0.15, 0.2) is 5.65 Å². The SMILES string of the molecule is [B]c1cnn2c(NCc3ccc(NC(=O)C4CC4)cc3)cc(N[C@H](CO)C(C)C)nc12. The van der Waals surface area contributed by atoms with E-state index in [1.807, 2.05) is 44.2 Å². The molecule has 1 amide bonds. The van der Waals surface area contributed by atoms with E-state index in [0.29, 0.717) is 23.5 Å². The maximum absolute atomic E-state index is 11.9. The standard InChI is InChI=1S/C22H27BN6O2/c1-13(2)18(12-30)27-19-9-20(29-21(28-19)17(23)11-25-29)24-10-14-3-7-16(8-4-14)26-22(31)15-5-6-15/h3-4,7-9,11,13,15,18,24,30H,5-6,10,12H2,1-2H3,(H,26,31)(H,27,28)/t18-/m1/s1. The number of aromatic nitrogens is 3. The lowest BCUT2D eigenvalue weighted by Gasteiger charge is -2.21. The lowest BCUT2D eigenvalue weighted by molar-refractivity contribution is -0.117. The molecule has 1 saturated carbocycles. The number of aliphatic hydroxyl groups excluding tert-OH is 1. The summed E-state index contributed by atoms with van der Waals surface area (Å²) in [6.07, 6.45) is 3.54. The van der Waals surface area contributed by atoms with Gasteiger partial charge < -0.3 is 21.1 Å². The number of nitrogens with zero attached hydrogens (tertiary/aromatic N) is 3. The van der Waals surface area contributed by atoms with Crippen molar-refractivity contribution in [3.63, 3.8) is 0 Å². The van der Waals surface area contributed by atoms with Gasteiger partial charge in [-0.15, -0.1) is 0 Å². The lowest BCUT2D eigenvalue weighted by atomic mass is 10.0. The van der Waals surface area contributed by atoms with Crippen LogP contribution in [0.1, 0.15) is 32.3 Å². The molecular weight excluding hydrogens is 391 g/mol. The highest BCUT2D eigenvalue weighted by molar-refractivity contribution is 6.36. The topological polar surface area (TPSA) is 104 Å². The van der Waals surface area contributed by atoms with Gasteiger partial charge in [0.2, 0.25) is 5.91 Å². The average molecular weight is 418 g/mol. The molecule has 1 atom stereocenters. The molecule has 2 radical (unpaired) electrons. The summed E-state index contributed by atoms with van der Waals surface area (Å²) in [7, 11) is 6.04. The minimum absolute atomic E-state index is 0.00562. The first kappa shape index (κ1) is 21.2. The minimum atomic E-state index is -0.120. The van der Waals surface area contributed by atoms with E-state index >= 15 is 0 Å². The highest BCUT2D eigenvalue weighted by Gasteiger charge is 2.29. The van der Waals surface area contributed by atoms with Crippen LogP contribution in [0.3, 0.4) is 0 Å². The molecule has 2 aromatic heterocycles. The third-order valence-electron chi connectivity index (χ3n) is 5.48. The summed E-state index contributed by atoms with van der Waals surface area (Å²) >= 11 is 0. The Morgan fingerprint density at radius 2 is 2.03 bits per heavy atom. The summed E-state index contributed by atoms with van der Waals surface area (Å²) in [5.74, 6) is 1.87. The van der Waals surface area contributed by atoms with E-state index in [9.17, 15) is 9.90 Å². The summed E-state index contributed by atoms with van der Waals surface area (Å²) in [5, 5.41) is 23.6. The number of anilines is 3. The number of benzene rings is 1. The Morgan fingerprint density at radius 1 is 1.29 bits per heavy atom. The highest BCUT2D eigenvalue weighted by Crippen LogP contribution is 2.30. The van der Waals surface area contributed by atoms with Crippen molar-refractivity contribution in [1.82, 2.24) is 14.6 Å². The number of amides is 1. The van der Waals surface area contributed by atoms with Crippen molar-refractivity contribution >= 4 is 42.2 Å². The molecule has 1 aromatic carbocycles. The van der Waals surface area contributed by atoms with Crippen LogP contribution < -0.4 is 21.4 Å². The second-order valence-corrected chi connectivity index (χ2v) is 8.35. The smallest absolute Gasteiger partial charge is 0.227 e. The number of carbonyl (C=O) groups excluding carboxylic acids is 1. The second-order valence-electron chi connectivity index (χ2n) is 8.35. The van der Waals surface area contributed by atoms with Gasteiger partial charge in [-0.25, -0.2) is 4.98 Å². The Morgan fingerprint density at radius 3 is 2.68 bits per heavy atom. The molecular formula is C22H27BN6O2. The van der Waals surface area contributed by atoms with Crippen molar-refractivity contribution in [3.05, 3.63) is 42.1 Å². The number of hydrogen-bond acceptors (Lipinski definition) is 6. The fourth-order valence-electron chi connectivity index (χ4n) is 3.28. The van der Waals surface area contributed by atoms with Crippen LogP contribution >= 0.6 is 0 Å². The van der Waals surface area contributed by atoms with Gasteiger partial charge in [0.1, 0.15) is 19.5 Å². The lowest BCUT2D eigenvalue weighted by Crippen LogP contribution is -2.30. The van der Waals surface area contributed by atoms with E-state index in [0.717, 1.165) is 29.9 Å². The summed E-state index contributed by atoms with van der Waals surface area (Å²) < 4.78 is 1.66. The number of fused-ring (bicyclic) bond motifs is 1. The van der Waals surface area contributed by atoms with Crippen LogP contribution in [0.4, 0.5) is 17.3 Å².